The number of nitrogens with one attached hydrogen (secondary N) is 1. The van der Waals surface area contributed by atoms with Gasteiger partial charge in [0.25, 0.3) is 0 Å². The lowest BCUT2D eigenvalue weighted by Gasteiger charge is -2.54. The van der Waals surface area contributed by atoms with Crippen LogP contribution in [0.2, 0.25) is 0 Å². The number of hydrogen-bond donors (Lipinski definition) is 1. The molecule has 5 aliphatic rings. The second-order valence-corrected chi connectivity index (χ2v) is 9.88. The van der Waals surface area contributed by atoms with Crippen molar-refractivity contribution >= 4 is 6.03 Å². The SMILES string of the molecule is O=C(NCC1COc2ccccc2O1)N1CCCC2=CC3CC(CN4CCCCC34)C21. The van der Waals surface area contributed by atoms with E-state index in [1.54, 1.807) is 0 Å². The van der Waals surface area contributed by atoms with Crippen molar-refractivity contribution in [2.24, 2.45) is 11.8 Å². The van der Waals surface area contributed by atoms with Crippen molar-refractivity contribution in [1.82, 2.24) is 15.1 Å². The van der Waals surface area contributed by atoms with Gasteiger partial charge in [-0.15, -0.1) is 0 Å². The number of fused-ring (bicyclic) bond motifs is 7. The zero-order valence-corrected chi connectivity index (χ0v) is 18.2. The zero-order chi connectivity index (χ0) is 20.8. The number of nitrogens with zero attached hydrogens (tertiary/aromatic N) is 2. The van der Waals surface area contributed by atoms with E-state index in [4.69, 9.17) is 9.47 Å². The Balaban J connectivity index is 1.13. The average molecular weight is 424 g/mol. The van der Waals surface area contributed by atoms with Crippen molar-refractivity contribution in [3.63, 3.8) is 0 Å². The van der Waals surface area contributed by atoms with Crippen molar-refractivity contribution in [3.8, 4) is 11.5 Å². The standard InChI is InChI=1S/C25H33N3O3/c29-25(26-14-20-16-30-22-8-1-2-9-23(22)31-20)28-11-5-6-17-12-18-13-19(24(17)28)15-27-10-4-3-7-21(18)27/h1-2,8-9,12,18-21,24H,3-7,10-11,13-16H2,(H,26,29). The number of rotatable bonds is 2. The summed E-state index contributed by atoms with van der Waals surface area (Å²) in [5, 5.41) is 3.16. The van der Waals surface area contributed by atoms with Gasteiger partial charge in [-0.2, -0.15) is 0 Å². The smallest absolute Gasteiger partial charge is 0.318 e. The summed E-state index contributed by atoms with van der Waals surface area (Å²) in [5.74, 6) is 2.81. The van der Waals surface area contributed by atoms with E-state index in [2.05, 4.69) is 21.2 Å². The van der Waals surface area contributed by atoms with Gasteiger partial charge in [-0.25, -0.2) is 4.79 Å². The maximum Gasteiger partial charge on any atom is 0.318 e. The van der Waals surface area contributed by atoms with Gasteiger partial charge in [-0.1, -0.05) is 30.2 Å². The molecule has 3 saturated heterocycles. The molecule has 2 bridgehead atoms. The Kier molecular flexibility index (Phi) is 5.05. The quantitative estimate of drug-likeness (QED) is 0.741. The summed E-state index contributed by atoms with van der Waals surface area (Å²) in [6.45, 7) is 4.18. The molecule has 6 heteroatoms. The van der Waals surface area contributed by atoms with Crippen LogP contribution < -0.4 is 14.8 Å². The van der Waals surface area contributed by atoms with Gasteiger partial charge in [0.15, 0.2) is 17.6 Å². The van der Waals surface area contributed by atoms with E-state index >= 15 is 0 Å². The van der Waals surface area contributed by atoms with Gasteiger partial charge >= 0.3 is 6.03 Å². The van der Waals surface area contributed by atoms with E-state index in [9.17, 15) is 4.79 Å². The third kappa shape index (κ3) is 3.59. The number of amides is 2. The van der Waals surface area contributed by atoms with Gasteiger partial charge in [-0.3, -0.25) is 4.90 Å². The molecule has 1 aliphatic carbocycles. The summed E-state index contributed by atoms with van der Waals surface area (Å²) >= 11 is 0. The van der Waals surface area contributed by atoms with Crippen LogP contribution in [-0.2, 0) is 0 Å². The molecule has 1 aromatic carbocycles. The predicted molar refractivity (Wildman–Crippen MR) is 118 cm³/mol. The molecule has 1 N–H and O–H groups in total. The molecule has 0 aromatic heterocycles. The molecule has 5 atom stereocenters. The monoisotopic (exact) mass is 423 g/mol. The van der Waals surface area contributed by atoms with Crippen LogP contribution in [0.25, 0.3) is 0 Å². The molecular formula is C25H33N3O3. The van der Waals surface area contributed by atoms with Gasteiger partial charge in [0, 0.05) is 19.1 Å². The summed E-state index contributed by atoms with van der Waals surface area (Å²) in [5.41, 5.74) is 1.53. The normalized spacial score (nSPS) is 34.3. The van der Waals surface area contributed by atoms with Crippen molar-refractivity contribution < 1.29 is 14.3 Å². The van der Waals surface area contributed by atoms with E-state index in [0.717, 1.165) is 43.5 Å². The molecule has 1 aromatic rings. The van der Waals surface area contributed by atoms with Crippen LogP contribution in [0.5, 0.6) is 11.5 Å². The number of carbonyl (C=O) groups excluding carboxylic acids is 1. The number of para-hydroxylation sites is 2. The maximum atomic E-state index is 13.3. The largest absolute Gasteiger partial charge is 0.486 e. The van der Waals surface area contributed by atoms with Crippen LogP contribution >= 0.6 is 0 Å². The van der Waals surface area contributed by atoms with Gasteiger partial charge in [0.2, 0.25) is 0 Å². The summed E-state index contributed by atoms with van der Waals surface area (Å²) in [7, 11) is 0. The van der Waals surface area contributed by atoms with Crippen LogP contribution in [-0.4, -0.2) is 66.8 Å². The van der Waals surface area contributed by atoms with E-state index in [-0.39, 0.29) is 18.2 Å². The Bertz CT molecular complexity index is 871. The number of hydrogen-bond acceptors (Lipinski definition) is 4. The average Bonchev–Trinajstić information content (AvgIpc) is 2.82. The van der Waals surface area contributed by atoms with Crippen molar-refractivity contribution in [2.45, 2.75) is 56.7 Å². The molecule has 0 radical (unpaired) electrons. The summed E-state index contributed by atoms with van der Waals surface area (Å²) in [6, 6.07) is 8.79. The highest BCUT2D eigenvalue weighted by Gasteiger charge is 2.47. The van der Waals surface area contributed by atoms with Gasteiger partial charge < -0.3 is 19.7 Å². The molecule has 3 fully saturated rings. The molecular weight excluding hydrogens is 390 g/mol. The number of likely N-dealkylation sites (tertiary alicyclic amines) is 1. The third-order valence-electron chi connectivity index (χ3n) is 7.97. The molecule has 4 heterocycles. The number of carbonyl (C=O) groups is 1. The minimum Gasteiger partial charge on any atom is -0.486 e. The van der Waals surface area contributed by atoms with Crippen molar-refractivity contribution in [2.75, 3.05) is 32.8 Å². The molecule has 4 aliphatic heterocycles. The number of urea groups is 1. The molecule has 31 heavy (non-hydrogen) atoms. The first-order valence-corrected chi connectivity index (χ1v) is 12.1. The van der Waals surface area contributed by atoms with Crippen LogP contribution in [0.3, 0.4) is 0 Å². The van der Waals surface area contributed by atoms with Crippen molar-refractivity contribution in [3.05, 3.63) is 35.9 Å². The first-order valence-electron chi connectivity index (χ1n) is 12.1. The molecule has 6 rings (SSSR count). The highest BCUT2D eigenvalue weighted by atomic mass is 16.6. The fraction of sp³-hybridized carbons (Fsp3) is 0.640. The van der Waals surface area contributed by atoms with E-state index in [1.165, 1.54) is 37.8 Å². The molecule has 0 saturated carbocycles. The van der Waals surface area contributed by atoms with Gasteiger partial charge in [0.1, 0.15) is 6.61 Å². The molecule has 2 amide bonds. The molecule has 0 spiro atoms. The first kappa shape index (κ1) is 19.5. The van der Waals surface area contributed by atoms with E-state index < -0.39 is 0 Å². The number of ether oxygens (including phenoxy) is 2. The molecule has 166 valence electrons. The second-order valence-electron chi connectivity index (χ2n) is 9.88. The fourth-order valence-electron chi connectivity index (χ4n) is 6.67. The van der Waals surface area contributed by atoms with Crippen LogP contribution in [0.15, 0.2) is 35.9 Å². The second kappa shape index (κ2) is 8.05. The number of benzene rings is 1. The lowest BCUT2D eigenvalue weighted by molar-refractivity contribution is 0.00747. The third-order valence-corrected chi connectivity index (χ3v) is 7.97. The Morgan fingerprint density at radius 2 is 2.03 bits per heavy atom. The molecule has 6 nitrogen and oxygen atoms in total. The minimum absolute atomic E-state index is 0.0530. The predicted octanol–water partition coefficient (Wildman–Crippen LogP) is 3.43. The van der Waals surface area contributed by atoms with E-state index in [0.29, 0.717) is 25.0 Å². The lowest BCUT2D eigenvalue weighted by Crippen LogP contribution is -2.61. The Morgan fingerprint density at radius 3 is 2.97 bits per heavy atom. The Labute approximate surface area is 184 Å². The summed E-state index contributed by atoms with van der Waals surface area (Å²) in [4.78, 5) is 18.1. The topological polar surface area (TPSA) is 54.0 Å². The summed E-state index contributed by atoms with van der Waals surface area (Å²) < 4.78 is 11.8. The maximum absolute atomic E-state index is 13.3. The van der Waals surface area contributed by atoms with Crippen molar-refractivity contribution in [1.29, 1.82) is 0 Å². The Hall–Kier alpha value is -2.21. The lowest BCUT2D eigenvalue weighted by atomic mass is 9.68. The van der Waals surface area contributed by atoms with Crippen LogP contribution in [0, 0.1) is 11.8 Å². The van der Waals surface area contributed by atoms with Gasteiger partial charge in [-0.05, 0) is 62.6 Å². The van der Waals surface area contributed by atoms with E-state index in [1.807, 2.05) is 24.3 Å². The van der Waals surface area contributed by atoms with Crippen LogP contribution in [0.1, 0.15) is 38.5 Å². The first-order chi connectivity index (χ1) is 15.3. The highest BCUT2D eigenvalue weighted by molar-refractivity contribution is 5.75. The van der Waals surface area contributed by atoms with Crippen LogP contribution in [0.4, 0.5) is 4.79 Å². The number of piperidine rings is 3. The summed E-state index contributed by atoms with van der Waals surface area (Å²) in [6.07, 6.45) is 9.94. The highest BCUT2D eigenvalue weighted by Crippen LogP contribution is 2.45. The van der Waals surface area contributed by atoms with Gasteiger partial charge in [0.05, 0.1) is 12.6 Å². The Morgan fingerprint density at radius 1 is 1.13 bits per heavy atom. The zero-order valence-electron chi connectivity index (χ0n) is 18.2. The molecule has 5 unspecified atom stereocenters. The fourth-order valence-corrected chi connectivity index (χ4v) is 6.67. The minimum atomic E-state index is -0.154.